The van der Waals surface area contributed by atoms with Gasteiger partial charge in [0.05, 0.1) is 5.52 Å². The molecule has 0 aliphatic rings. The first-order valence-electron chi connectivity index (χ1n) is 11.7. The maximum atomic E-state index is 12.0. The molecule has 172 valence electrons. The van der Waals surface area contributed by atoms with Crippen LogP contribution in [0.25, 0.3) is 22.1 Å². The summed E-state index contributed by atoms with van der Waals surface area (Å²) in [7, 11) is 0. The Bertz CT molecular complexity index is 1220. The largest absolute Gasteiger partial charge is 0.356 e. The first-order valence-corrected chi connectivity index (χ1v) is 12.7. The predicted octanol–water partition coefficient (Wildman–Crippen LogP) is 5.51. The van der Waals surface area contributed by atoms with Crippen LogP contribution in [0.3, 0.4) is 0 Å². The molecule has 0 atom stereocenters. The lowest BCUT2D eigenvalue weighted by Crippen LogP contribution is -2.24. The number of hydrogen-bond donors (Lipinski definition) is 1. The van der Waals surface area contributed by atoms with Crippen molar-refractivity contribution < 1.29 is 4.79 Å². The fourth-order valence-electron chi connectivity index (χ4n) is 3.93. The molecular weight excluding hydrogens is 430 g/mol. The Morgan fingerprint density at radius 1 is 1.06 bits per heavy atom. The van der Waals surface area contributed by atoms with Crippen LogP contribution in [-0.2, 0) is 11.3 Å². The van der Waals surface area contributed by atoms with Crippen LogP contribution in [0.5, 0.6) is 0 Å². The highest BCUT2D eigenvalue weighted by Gasteiger charge is 2.16. The number of carbonyl (C=O) groups excluding carboxylic acids is 1. The normalized spacial score (nSPS) is 11.3. The van der Waals surface area contributed by atoms with Gasteiger partial charge in [0.1, 0.15) is 5.52 Å². The van der Waals surface area contributed by atoms with Crippen LogP contribution in [0, 0.1) is 6.92 Å². The Kier molecular flexibility index (Phi) is 7.94. The van der Waals surface area contributed by atoms with Crippen molar-refractivity contribution in [2.24, 2.45) is 0 Å². The molecule has 2 heterocycles. The molecule has 0 aliphatic carbocycles. The van der Waals surface area contributed by atoms with E-state index in [1.807, 2.05) is 6.07 Å². The molecule has 0 saturated heterocycles. The summed E-state index contributed by atoms with van der Waals surface area (Å²) >= 11 is 1.56. The van der Waals surface area contributed by atoms with E-state index in [0.29, 0.717) is 11.6 Å². The number of fused-ring (bicyclic) bond motifs is 3. The van der Waals surface area contributed by atoms with E-state index in [2.05, 4.69) is 76.4 Å². The Hall–Kier alpha value is -2.93. The predicted molar refractivity (Wildman–Crippen MR) is 136 cm³/mol. The molecule has 0 spiro atoms. The molecule has 4 rings (SSSR count). The lowest BCUT2D eigenvalue weighted by molar-refractivity contribution is -0.121. The van der Waals surface area contributed by atoms with E-state index in [9.17, 15) is 4.79 Å². The smallest absolute Gasteiger partial charge is 0.220 e. The van der Waals surface area contributed by atoms with E-state index < -0.39 is 0 Å². The molecule has 0 saturated carbocycles. The van der Waals surface area contributed by atoms with Crippen LogP contribution < -0.4 is 5.32 Å². The Morgan fingerprint density at radius 2 is 1.91 bits per heavy atom. The summed E-state index contributed by atoms with van der Waals surface area (Å²) in [6.45, 7) is 5.75. The second-order valence-corrected chi connectivity index (χ2v) is 9.43. The number of benzene rings is 2. The van der Waals surface area contributed by atoms with Crippen molar-refractivity contribution in [3.8, 4) is 0 Å². The number of rotatable bonds is 11. The average molecular weight is 462 g/mol. The molecule has 4 aromatic rings. The van der Waals surface area contributed by atoms with Crippen molar-refractivity contribution in [3.05, 3.63) is 59.7 Å². The van der Waals surface area contributed by atoms with E-state index in [4.69, 9.17) is 4.98 Å². The van der Waals surface area contributed by atoms with Gasteiger partial charge in [0, 0.05) is 30.6 Å². The number of amides is 1. The summed E-state index contributed by atoms with van der Waals surface area (Å²) in [5.74, 6) is 0.910. The number of nitrogens with zero attached hydrogens (tertiary/aromatic N) is 4. The monoisotopic (exact) mass is 461 g/mol. The summed E-state index contributed by atoms with van der Waals surface area (Å²) in [4.78, 5) is 16.8. The lowest BCUT2D eigenvalue weighted by atomic mass is 10.1. The third-order valence-electron chi connectivity index (χ3n) is 5.67. The van der Waals surface area contributed by atoms with Crippen LogP contribution in [0.1, 0.15) is 50.2 Å². The molecule has 0 aliphatic heterocycles. The molecule has 0 unspecified atom stereocenters. The Balaban J connectivity index is 1.48. The molecule has 0 radical (unpaired) electrons. The zero-order chi connectivity index (χ0) is 23.0. The van der Waals surface area contributed by atoms with Crippen LogP contribution >= 0.6 is 11.8 Å². The summed E-state index contributed by atoms with van der Waals surface area (Å²) in [5.41, 5.74) is 5.21. The SMILES string of the molecule is CCCCCNC(=O)CCCSc1nnc2c3cc(C)ccc3n(Cc3ccccc3)c2n1. The summed E-state index contributed by atoms with van der Waals surface area (Å²) < 4.78 is 2.22. The number of unbranched alkanes of at least 4 members (excludes halogenated alkanes) is 2. The number of thioether (sulfide) groups is 1. The minimum Gasteiger partial charge on any atom is -0.356 e. The maximum Gasteiger partial charge on any atom is 0.220 e. The van der Waals surface area contributed by atoms with Gasteiger partial charge in [-0.05, 0) is 37.5 Å². The minimum atomic E-state index is 0.125. The highest BCUT2D eigenvalue weighted by molar-refractivity contribution is 7.99. The second-order valence-electron chi connectivity index (χ2n) is 8.37. The Labute approximate surface area is 199 Å². The molecule has 7 heteroatoms. The molecular formula is C26H31N5OS. The Morgan fingerprint density at radius 3 is 2.73 bits per heavy atom. The van der Waals surface area contributed by atoms with E-state index in [-0.39, 0.29) is 5.91 Å². The van der Waals surface area contributed by atoms with Gasteiger partial charge in [0.2, 0.25) is 11.1 Å². The molecule has 0 fully saturated rings. The number of hydrogen-bond acceptors (Lipinski definition) is 5. The van der Waals surface area contributed by atoms with Gasteiger partial charge >= 0.3 is 0 Å². The first-order chi connectivity index (χ1) is 16.2. The molecule has 1 amide bonds. The highest BCUT2D eigenvalue weighted by atomic mass is 32.2. The number of nitrogens with one attached hydrogen (secondary N) is 1. The minimum absolute atomic E-state index is 0.125. The third kappa shape index (κ3) is 5.90. The van der Waals surface area contributed by atoms with Crippen molar-refractivity contribution in [2.75, 3.05) is 12.3 Å². The van der Waals surface area contributed by atoms with E-state index in [1.165, 1.54) is 11.1 Å². The average Bonchev–Trinajstić information content (AvgIpc) is 3.12. The first kappa shape index (κ1) is 23.2. The van der Waals surface area contributed by atoms with Gasteiger partial charge in [-0.25, -0.2) is 4.98 Å². The maximum absolute atomic E-state index is 12.0. The molecule has 6 nitrogen and oxygen atoms in total. The van der Waals surface area contributed by atoms with Crippen LogP contribution in [0.2, 0.25) is 0 Å². The van der Waals surface area contributed by atoms with Gasteiger partial charge in [0.25, 0.3) is 0 Å². The van der Waals surface area contributed by atoms with Crippen molar-refractivity contribution in [1.82, 2.24) is 25.1 Å². The molecule has 1 N–H and O–H groups in total. The van der Waals surface area contributed by atoms with Crippen LogP contribution in [0.15, 0.2) is 53.7 Å². The molecule has 0 bridgehead atoms. The van der Waals surface area contributed by atoms with Crippen molar-refractivity contribution >= 4 is 39.7 Å². The summed E-state index contributed by atoms with van der Waals surface area (Å²) in [5, 5.41) is 13.7. The third-order valence-corrected chi connectivity index (χ3v) is 6.59. The van der Waals surface area contributed by atoms with Gasteiger partial charge in [-0.15, -0.1) is 10.2 Å². The van der Waals surface area contributed by atoms with Gasteiger partial charge < -0.3 is 9.88 Å². The number of aryl methyl sites for hydroxylation is 1. The standard InChI is InChI=1S/C26H31N5OS/c1-3-4-8-15-27-23(32)12-9-16-33-26-28-25-24(29-30-26)21-17-19(2)13-14-22(21)31(25)18-20-10-6-5-7-11-20/h5-7,10-11,13-14,17H,3-4,8-9,12,15-16,18H2,1-2H3,(H,27,32). The van der Waals surface area contributed by atoms with E-state index >= 15 is 0 Å². The zero-order valence-electron chi connectivity index (χ0n) is 19.4. The fourth-order valence-corrected chi connectivity index (χ4v) is 4.65. The zero-order valence-corrected chi connectivity index (χ0v) is 20.2. The number of carbonyl (C=O) groups is 1. The van der Waals surface area contributed by atoms with Gasteiger partial charge in [-0.1, -0.05) is 73.5 Å². The lowest BCUT2D eigenvalue weighted by Gasteiger charge is -2.07. The quantitative estimate of drug-likeness (QED) is 0.235. The topological polar surface area (TPSA) is 72.7 Å². The highest BCUT2D eigenvalue weighted by Crippen LogP contribution is 2.29. The summed E-state index contributed by atoms with van der Waals surface area (Å²) in [6.07, 6.45) is 4.69. The van der Waals surface area contributed by atoms with Gasteiger partial charge in [0.15, 0.2) is 5.65 Å². The fraction of sp³-hybridized carbons (Fsp3) is 0.385. The summed E-state index contributed by atoms with van der Waals surface area (Å²) in [6, 6.07) is 16.8. The number of aromatic nitrogens is 4. The van der Waals surface area contributed by atoms with Crippen LogP contribution in [0.4, 0.5) is 0 Å². The van der Waals surface area contributed by atoms with Crippen molar-refractivity contribution in [1.29, 1.82) is 0 Å². The van der Waals surface area contributed by atoms with E-state index in [0.717, 1.165) is 66.6 Å². The second kappa shape index (κ2) is 11.3. The molecule has 2 aromatic carbocycles. The van der Waals surface area contributed by atoms with Gasteiger partial charge in [-0.2, -0.15) is 0 Å². The molecule has 2 aromatic heterocycles. The van der Waals surface area contributed by atoms with Gasteiger partial charge in [-0.3, -0.25) is 4.79 Å². The van der Waals surface area contributed by atoms with E-state index in [1.54, 1.807) is 11.8 Å². The molecule has 33 heavy (non-hydrogen) atoms. The van der Waals surface area contributed by atoms with Crippen LogP contribution in [-0.4, -0.2) is 38.0 Å². The van der Waals surface area contributed by atoms with Crippen molar-refractivity contribution in [3.63, 3.8) is 0 Å². The van der Waals surface area contributed by atoms with Crippen molar-refractivity contribution in [2.45, 2.75) is 57.7 Å².